The smallest absolute Gasteiger partial charge is 0.416 e. The standard InChI is InChI=1S/C16H16F6N2O3/c1-2-27-13(25)3-4-23-5-6-24(14(23)26)12-8-10(15(17,18)19)7-11(9-12)16(20,21)22/h7-9H,2-6H2,1H3. The van der Waals surface area contributed by atoms with Crippen LogP contribution in [0.1, 0.15) is 24.5 Å². The minimum atomic E-state index is -5.00. The van der Waals surface area contributed by atoms with E-state index in [-0.39, 0.29) is 38.7 Å². The van der Waals surface area contributed by atoms with Crippen LogP contribution >= 0.6 is 0 Å². The van der Waals surface area contributed by atoms with Crippen molar-refractivity contribution in [1.29, 1.82) is 0 Å². The molecule has 0 saturated carbocycles. The third kappa shape index (κ3) is 5.04. The van der Waals surface area contributed by atoms with Gasteiger partial charge >= 0.3 is 24.4 Å². The number of esters is 1. The summed E-state index contributed by atoms with van der Waals surface area (Å²) in [5, 5.41) is 0. The zero-order chi connectivity index (χ0) is 20.4. The van der Waals surface area contributed by atoms with Gasteiger partial charge in [-0.3, -0.25) is 9.69 Å². The molecule has 1 aromatic carbocycles. The van der Waals surface area contributed by atoms with Crippen molar-refractivity contribution >= 4 is 17.7 Å². The Kier molecular flexibility index (Phi) is 5.91. The number of hydrogen-bond donors (Lipinski definition) is 0. The molecule has 5 nitrogen and oxygen atoms in total. The summed E-state index contributed by atoms with van der Waals surface area (Å²) in [4.78, 5) is 25.7. The highest BCUT2D eigenvalue weighted by molar-refractivity contribution is 5.94. The van der Waals surface area contributed by atoms with Crippen LogP contribution in [-0.2, 0) is 21.9 Å². The van der Waals surface area contributed by atoms with Gasteiger partial charge in [0.05, 0.1) is 24.2 Å². The lowest BCUT2D eigenvalue weighted by Crippen LogP contribution is -2.33. The number of ether oxygens (including phenoxy) is 1. The van der Waals surface area contributed by atoms with Crippen LogP contribution in [-0.4, -0.2) is 43.1 Å². The first kappa shape index (κ1) is 20.8. The van der Waals surface area contributed by atoms with Crippen LogP contribution in [0.4, 0.5) is 36.8 Å². The first-order chi connectivity index (χ1) is 12.4. The Hall–Kier alpha value is -2.46. The highest BCUT2D eigenvalue weighted by atomic mass is 19.4. The third-order valence-corrected chi connectivity index (χ3v) is 3.87. The average Bonchev–Trinajstić information content (AvgIpc) is 2.92. The molecule has 0 spiro atoms. The number of rotatable bonds is 5. The molecule has 1 aliphatic heterocycles. The van der Waals surface area contributed by atoms with Crippen molar-refractivity contribution in [2.75, 3.05) is 31.1 Å². The lowest BCUT2D eigenvalue weighted by molar-refractivity contribution is -0.144. The number of halogens is 6. The highest BCUT2D eigenvalue weighted by Crippen LogP contribution is 2.39. The molecular weight excluding hydrogens is 382 g/mol. The van der Waals surface area contributed by atoms with Crippen molar-refractivity contribution < 1.29 is 40.7 Å². The number of alkyl halides is 6. The number of benzene rings is 1. The van der Waals surface area contributed by atoms with Crippen molar-refractivity contribution in [3.63, 3.8) is 0 Å². The van der Waals surface area contributed by atoms with Gasteiger partial charge in [0.2, 0.25) is 0 Å². The van der Waals surface area contributed by atoms with E-state index in [9.17, 15) is 35.9 Å². The molecule has 1 aliphatic rings. The summed E-state index contributed by atoms with van der Waals surface area (Å²) in [6.45, 7) is 1.69. The Bertz CT molecular complexity index is 685. The molecule has 0 N–H and O–H groups in total. The molecule has 2 amide bonds. The monoisotopic (exact) mass is 398 g/mol. The molecular formula is C16H16F6N2O3. The summed E-state index contributed by atoms with van der Waals surface area (Å²) >= 11 is 0. The van der Waals surface area contributed by atoms with E-state index in [1.807, 2.05) is 0 Å². The Morgan fingerprint density at radius 3 is 2.07 bits per heavy atom. The Balaban J connectivity index is 2.25. The maximum atomic E-state index is 12.9. The van der Waals surface area contributed by atoms with Crippen molar-refractivity contribution in [3.05, 3.63) is 29.3 Å². The van der Waals surface area contributed by atoms with Gasteiger partial charge in [0.1, 0.15) is 0 Å². The van der Waals surface area contributed by atoms with E-state index < -0.39 is 41.2 Å². The molecule has 0 aromatic heterocycles. The minimum Gasteiger partial charge on any atom is -0.466 e. The Labute approximate surface area is 150 Å². The number of anilines is 1. The zero-order valence-electron chi connectivity index (χ0n) is 14.2. The molecule has 0 bridgehead atoms. The maximum Gasteiger partial charge on any atom is 0.416 e. The van der Waals surface area contributed by atoms with Crippen molar-refractivity contribution in [3.8, 4) is 0 Å². The van der Waals surface area contributed by atoms with E-state index in [1.54, 1.807) is 6.92 Å². The van der Waals surface area contributed by atoms with Crippen LogP contribution in [0, 0.1) is 0 Å². The van der Waals surface area contributed by atoms with E-state index in [1.165, 1.54) is 4.90 Å². The van der Waals surface area contributed by atoms with Crippen LogP contribution in [0.5, 0.6) is 0 Å². The summed E-state index contributed by atoms with van der Waals surface area (Å²) < 4.78 is 82.4. The molecule has 1 heterocycles. The number of nitrogens with zero attached hydrogens (tertiary/aromatic N) is 2. The summed E-state index contributed by atoms with van der Waals surface area (Å²) in [6, 6.07) is 0.235. The predicted octanol–water partition coefficient (Wildman–Crippen LogP) is 3.92. The highest BCUT2D eigenvalue weighted by Gasteiger charge is 2.39. The number of carbonyl (C=O) groups excluding carboxylic acids is 2. The van der Waals surface area contributed by atoms with E-state index >= 15 is 0 Å². The van der Waals surface area contributed by atoms with Gasteiger partial charge in [0.25, 0.3) is 0 Å². The molecule has 27 heavy (non-hydrogen) atoms. The van der Waals surface area contributed by atoms with E-state index in [0.29, 0.717) is 12.1 Å². The second-order valence-electron chi connectivity index (χ2n) is 5.74. The molecule has 0 radical (unpaired) electrons. The topological polar surface area (TPSA) is 49.9 Å². The van der Waals surface area contributed by atoms with Crippen molar-refractivity contribution in [2.24, 2.45) is 0 Å². The van der Waals surface area contributed by atoms with Crippen LogP contribution in [0.2, 0.25) is 0 Å². The minimum absolute atomic E-state index is 0.00255. The Morgan fingerprint density at radius 1 is 1.04 bits per heavy atom. The molecule has 1 aromatic rings. The molecule has 150 valence electrons. The van der Waals surface area contributed by atoms with Crippen LogP contribution < -0.4 is 4.90 Å². The average molecular weight is 398 g/mol. The van der Waals surface area contributed by atoms with E-state index in [0.717, 1.165) is 4.90 Å². The SMILES string of the molecule is CCOC(=O)CCN1CCN(c2cc(C(F)(F)F)cc(C(F)(F)F)c2)C1=O. The summed E-state index contributed by atoms with van der Waals surface area (Å²) in [5.41, 5.74) is -3.49. The quantitative estimate of drug-likeness (QED) is 0.558. The maximum absolute atomic E-state index is 12.9. The molecule has 1 saturated heterocycles. The van der Waals surface area contributed by atoms with E-state index in [4.69, 9.17) is 4.74 Å². The summed E-state index contributed by atoms with van der Waals surface area (Å²) in [7, 11) is 0. The van der Waals surface area contributed by atoms with Crippen LogP contribution in [0.15, 0.2) is 18.2 Å². The molecule has 0 unspecified atom stereocenters. The fourth-order valence-electron chi connectivity index (χ4n) is 2.58. The molecule has 1 fully saturated rings. The molecule has 0 aliphatic carbocycles. The van der Waals surface area contributed by atoms with Gasteiger partial charge in [-0.15, -0.1) is 0 Å². The number of hydrogen-bond acceptors (Lipinski definition) is 3. The van der Waals surface area contributed by atoms with Gasteiger partial charge in [-0.2, -0.15) is 26.3 Å². The van der Waals surface area contributed by atoms with Crippen LogP contribution in [0.25, 0.3) is 0 Å². The van der Waals surface area contributed by atoms with Crippen molar-refractivity contribution in [1.82, 2.24) is 4.90 Å². The second-order valence-corrected chi connectivity index (χ2v) is 5.74. The second kappa shape index (κ2) is 7.65. The first-order valence-electron chi connectivity index (χ1n) is 7.95. The molecule has 0 atom stereocenters. The third-order valence-electron chi connectivity index (χ3n) is 3.87. The Morgan fingerprint density at radius 2 is 1.59 bits per heavy atom. The normalized spacial score (nSPS) is 15.4. The van der Waals surface area contributed by atoms with Gasteiger partial charge in [0, 0.05) is 25.3 Å². The molecule has 11 heteroatoms. The molecule has 2 rings (SSSR count). The number of amides is 2. The van der Waals surface area contributed by atoms with Crippen LogP contribution in [0.3, 0.4) is 0 Å². The van der Waals surface area contributed by atoms with Gasteiger partial charge in [-0.1, -0.05) is 0 Å². The largest absolute Gasteiger partial charge is 0.466 e. The fourth-order valence-corrected chi connectivity index (χ4v) is 2.58. The lowest BCUT2D eigenvalue weighted by atomic mass is 10.1. The van der Waals surface area contributed by atoms with Gasteiger partial charge in [-0.05, 0) is 25.1 Å². The number of urea groups is 1. The van der Waals surface area contributed by atoms with Gasteiger partial charge in [0.15, 0.2) is 0 Å². The number of carbonyl (C=O) groups is 2. The first-order valence-corrected chi connectivity index (χ1v) is 7.95. The zero-order valence-corrected chi connectivity index (χ0v) is 14.2. The summed E-state index contributed by atoms with van der Waals surface area (Å²) in [6.07, 6.45) is -10.1. The van der Waals surface area contributed by atoms with Gasteiger partial charge in [-0.25, -0.2) is 4.79 Å². The lowest BCUT2D eigenvalue weighted by Gasteiger charge is -2.21. The summed E-state index contributed by atoms with van der Waals surface area (Å²) in [5.74, 6) is -0.554. The fraction of sp³-hybridized carbons (Fsp3) is 0.500. The van der Waals surface area contributed by atoms with Crippen molar-refractivity contribution in [2.45, 2.75) is 25.7 Å². The van der Waals surface area contributed by atoms with Gasteiger partial charge < -0.3 is 9.64 Å². The van der Waals surface area contributed by atoms with E-state index in [2.05, 4.69) is 0 Å². The predicted molar refractivity (Wildman–Crippen MR) is 82.0 cm³/mol.